The molecule has 1 amide bonds. The summed E-state index contributed by atoms with van der Waals surface area (Å²) in [7, 11) is -3.96. The number of carbonyl (C=O) groups excluding carboxylic acids is 1. The molecule has 0 radical (unpaired) electrons. The van der Waals surface area contributed by atoms with Gasteiger partial charge in [0.15, 0.2) is 11.6 Å². The molecule has 2 aromatic carbocycles. The molecule has 0 saturated carbocycles. The molecule has 9 heteroatoms. The maximum Gasteiger partial charge on any atom is 0.243 e. The van der Waals surface area contributed by atoms with Gasteiger partial charge in [0.2, 0.25) is 15.9 Å². The zero-order chi connectivity index (χ0) is 22.3. The Labute approximate surface area is 179 Å². The largest absolute Gasteiger partial charge is 0.464 e. The monoisotopic (exact) mass is 448 g/mol. The van der Waals surface area contributed by atoms with Gasteiger partial charge in [-0.15, -0.1) is 0 Å². The van der Waals surface area contributed by atoms with Crippen LogP contribution >= 0.6 is 0 Å². The van der Waals surface area contributed by atoms with Crippen molar-refractivity contribution in [1.82, 2.24) is 9.21 Å². The number of rotatable bonds is 4. The Balaban J connectivity index is 1.43. The number of sulfonamides is 1. The standard InChI is InChI=1S/C22H22F2N2O4S/c1-14-3-5-18-16(13-30-22(18)15(14)2)11-21(27)25-7-9-26(10-8-25)31(28,29)17-4-6-19(23)20(24)12-17/h3-6,12-13H,7-11H2,1-2H3. The Morgan fingerprint density at radius 2 is 1.74 bits per heavy atom. The average molecular weight is 448 g/mol. The van der Waals surface area contributed by atoms with Gasteiger partial charge in [0.1, 0.15) is 5.58 Å². The van der Waals surface area contributed by atoms with Gasteiger partial charge in [0.25, 0.3) is 0 Å². The van der Waals surface area contributed by atoms with Crippen LogP contribution in [0.5, 0.6) is 0 Å². The molecule has 0 atom stereocenters. The van der Waals surface area contributed by atoms with Crippen LogP contribution in [0, 0.1) is 25.5 Å². The fourth-order valence-electron chi connectivity index (χ4n) is 3.76. The molecule has 2 heterocycles. The van der Waals surface area contributed by atoms with Crippen molar-refractivity contribution in [2.45, 2.75) is 25.2 Å². The van der Waals surface area contributed by atoms with Crippen molar-refractivity contribution >= 4 is 26.9 Å². The van der Waals surface area contributed by atoms with Crippen LogP contribution in [0.15, 0.2) is 45.9 Å². The van der Waals surface area contributed by atoms with Crippen molar-refractivity contribution in [2.75, 3.05) is 26.2 Å². The number of hydrogen-bond acceptors (Lipinski definition) is 4. The third kappa shape index (κ3) is 3.95. The third-order valence-corrected chi connectivity index (χ3v) is 7.70. The highest BCUT2D eigenvalue weighted by molar-refractivity contribution is 7.89. The van der Waals surface area contributed by atoms with E-state index in [-0.39, 0.29) is 43.4 Å². The molecule has 0 bridgehead atoms. The first-order valence-electron chi connectivity index (χ1n) is 9.87. The summed E-state index contributed by atoms with van der Waals surface area (Å²) in [5.41, 5.74) is 3.70. The van der Waals surface area contributed by atoms with Crippen molar-refractivity contribution in [3.8, 4) is 0 Å². The molecule has 164 valence electrons. The molecule has 1 fully saturated rings. The fourth-order valence-corrected chi connectivity index (χ4v) is 5.20. The van der Waals surface area contributed by atoms with Gasteiger partial charge in [0.05, 0.1) is 17.6 Å². The van der Waals surface area contributed by atoms with Crippen molar-refractivity contribution in [1.29, 1.82) is 0 Å². The Hall–Kier alpha value is -2.78. The number of hydrogen-bond donors (Lipinski definition) is 0. The van der Waals surface area contributed by atoms with Gasteiger partial charge >= 0.3 is 0 Å². The zero-order valence-electron chi connectivity index (χ0n) is 17.2. The lowest BCUT2D eigenvalue weighted by atomic mass is 10.0. The maximum atomic E-state index is 13.5. The van der Waals surface area contributed by atoms with Gasteiger partial charge in [-0.2, -0.15) is 4.31 Å². The van der Waals surface area contributed by atoms with E-state index < -0.39 is 21.7 Å². The van der Waals surface area contributed by atoms with Crippen molar-refractivity contribution < 1.29 is 26.4 Å². The van der Waals surface area contributed by atoms with Crippen molar-refractivity contribution in [3.05, 3.63) is 64.9 Å². The van der Waals surface area contributed by atoms with Gasteiger partial charge in [-0.1, -0.05) is 12.1 Å². The summed E-state index contributed by atoms with van der Waals surface area (Å²) < 4.78 is 58.9. The second kappa shape index (κ2) is 8.05. The number of halogens is 2. The Morgan fingerprint density at radius 1 is 1.03 bits per heavy atom. The highest BCUT2D eigenvalue weighted by Crippen LogP contribution is 2.27. The highest BCUT2D eigenvalue weighted by atomic mass is 32.2. The van der Waals surface area contributed by atoms with Crippen LogP contribution in [0.1, 0.15) is 16.7 Å². The SMILES string of the molecule is Cc1ccc2c(CC(=O)N3CCN(S(=O)(=O)c4ccc(F)c(F)c4)CC3)coc2c1C. The van der Waals surface area contributed by atoms with E-state index >= 15 is 0 Å². The van der Waals surface area contributed by atoms with E-state index in [0.717, 1.165) is 39.8 Å². The molecule has 1 saturated heterocycles. The van der Waals surface area contributed by atoms with E-state index in [9.17, 15) is 22.0 Å². The molecular weight excluding hydrogens is 426 g/mol. The number of carbonyl (C=O) groups is 1. The molecule has 0 unspecified atom stereocenters. The normalized spacial score (nSPS) is 15.5. The van der Waals surface area contributed by atoms with Crippen LogP contribution in [0.2, 0.25) is 0 Å². The number of amides is 1. The van der Waals surface area contributed by atoms with Gasteiger partial charge in [-0.25, -0.2) is 17.2 Å². The minimum atomic E-state index is -3.96. The van der Waals surface area contributed by atoms with Crippen LogP contribution in [0.25, 0.3) is 11.0 Å². The number of nitrogens with zero attached hydrogens (tertiary/aromatic N) is 2. The molecule has 1 aliphatic rings. The minimum absolute atomic E-state index is 0.0809. The Morgan fingerprint density at radius 3 is 2.42 bits per heavy atom. The van der Waals surface area contributed by atoms with Crippen LogP contribution in [0.4, 0.5) is 8.78 Å². The molecule has 0 aliphatic carbocycles. The lowest BCUT2D eigenvalue weighted by Crippen LogP contribution is -2.50. The molecule has 1 aliphatic heterocycles. The number of piperazine rings is 1. The van der Waals surface area contributed by atoms with Crippen LogP contribution in [-0.4, -0.2) is 49.7 Å². The fraction of sp³-hybridized carbons (Fsp3) is 0.318. The molecule has 31 heavy (non-hydrogen) atoms. The quantitative estimate of drug-likeness (QED) is 0.613. The first kappa shape index (κ1) is 21.5. The molecule has 0 spiro atoms. The minimum Gasteiger partial charge on any atom is -0.464 e. The second-order valence-corrected chi connectivity index (χ2v) is 9.62. The van der Waals surface area contributed by atoms with Gasteiger partial charge < -0.3 is 9.32 Å². The summed E-state index contributed by atoms with van der Waals surface area (Å²) >= 11 is 0. The summed E-state index contributed by atoms with van der Waals surface area (Å²) in [5.74, 6) is -2.44. The number of benzene rings is 2. The first-order valence-corrected chi connectivity index (χ1v) is 11.3. The van der Waals surface area contributed by atoms with Gasteiger partial charge in [-0.3, -0.25) is 4.79 Å². The summed E-state index contributed by atoms with van der Waals surface area (Å²) in [4.78, 5) is 14.1. The molecule has 6 nitrogen and oxygen atoms in total. The molecule has 4 rings (SSSR count). The zero-order valence-corrected chi connectivity index (χ0v) is 18.0. The summed E-state index contributed by atoms with van der Waals surface area (Å²) in [6, 6.07) is 6.44. The predicted octanol–water partition coefficient (Wildman–Crippen LogP) is 3.40. The first-order chi connectivity index (χ1) is 14.7. The topological polar surface area (TPSA) is 70.8 Å². The van der Waals surface area contributed by atoms with Crippen LogP contribution in [-0.2, 0) is 21.2 Å². The van der Waals surface area contributed by atoms with E-state index in [4.69, 9.17) is 4.42 Å². The number of fused-ring (bicyclic) bond motifs is 1. The molecule has 1 aromatic heterocycles. The predicted molar refractivity (Wildman–Crippen MR) is 111 cm³/mol. The van der Waals surface area contributed by atoms with Crippen molar-refractivity contribution in [2.24, 2.45) is 0 Å². The third-order valence-electron chi connectivity index (χ3n) is 5.80. The summed E-state index contributed by atoms with van der Waals surface area (Å²) in [6.07, 6.45) is 1.75. The smallest absolute Gasteiger partial charge is 0.243 e. The average Bonchev–Trinajstić information content (AvgIpc) is 3.16. The second-order valence-electron chi connectivity index (χ2n) is 7.68. The van der Waals surface area contributed by atoms with Crippen LogP contribution < -0.4 is 0 Å². The molecule has 3 aromatic rings. The van der Waals surface area contributed by atoms with E-state index in [2.05, 4.69) is 0 Å². The lowest BCUT2D eigenvalue weighted by molar-refractivity contribution is -0.131. The Kier molecular flexibility index (Phi) is 5.57. The van der Waals surface area contributed by atoms with Crippen molar-refractivity contribution in [3.63, 3.8) is 0 Å². The Bertz CT molecular complexity index is 1260. The van der Waals surface area contributed by atoms with E-state index in [0.29, 0.717) is 6.07 Å². The molecular formula is C22H22F2N2O4S. The number of aryl methyl sites for hydroxylation is 2. The van der Waals surface area contributed by atoms with Crippen LogP contribution in [0.3, 0.4) is 0 Å². The summed E-state index contributed by atoms with van der Waals surface area (Å²) in [6.45, 7) is 4.57. The maximum absolute atomic E-state index is 13.5. The summed E-state index contributed by atoms with van der Waals surface area (Å²) in [5, 5.41) is 0.899. The lowest BCUT2D eigenvalue weighted by Gasteiger charge is -2.34. The van der Waals surface area contributed by atoms with Gasteiger partial charge in [0, 0.05) is 37.1 Å². The van der Waals surface area contributed by atoms with E-state index in [1.165, 1.54) is 4.31 Å². The van der Waals surface area contributed by atoms with Gasteiger partial charge in [-0.05, 0) is 43.2 Å². The van der Waals surface area contributed by atoms with E-state index in [1.54, 1.807) is 11.2 Å². The highest BCUT2D eigenvalue weighted by Gasteiger charge is 2.31. The number of furan rings is 1. The van der Waals surface area contributed by atoms with E-state index in [1.807, 2.05) is 26.0 Å². The molecule has 0 N–H and O–H groups in total.